The molecular weight excluding hydrogens is 142 g/mol. The number of aromatic nitrogens is 4. The number of aryl methyl sites for hydroxylation is 1. The number of nitrogens with one attached hydrogen (secondary N) is 1. The third-order valence-electron chi connectivity index (χ3n) is 1.25. The first-order valence-corrected chi connectivity index (χ1v) is 3.41. The van der Waals surface area contributed by atoms with Crippen LogP contribution in [0.5, 0.6) is 0 Å². The second kappa shape index (κ2) is 3.70. The van der Waals surface area contributed by atoms with Gasteiger partial charge in [0.25, 0.3) is 0 Å². The van der Waals surface area contributed by atoms with E-state index >= 15 is 0 Å². The number of nitrogens with zero attached hydrogens (tertiary/aromatic N) is 4. The zero-order chi connectivity index (χ0) is 8.10. The lowest BCUT2D eigenvalue weighted by molar-refractivity contribution is 0.712. The van der Waals surface area contributed by atoms with Gasteiger partial charge in [0.1, 0.15) is 0 Å². The van der Waals surface area contributed by atoms with Crippen LogP contribution in [0.2, 0.25) is 0 Å². The summed E-state index contributed by atoms with van der Waals surface area (Å²) in [6, 6.07) is 0. The molecule has 0 saturated heterocycles. The van der Waals surface area contributed by atoms with E-state index in [1.807, 2.05) is 6.08 Å². The minimum Gasteiger partial charge on any atom is -0.353 e. The summed E-state index contributed by atoms with van der Waals surface area (Å²) in [7, 11) is 1.79. The second-order valence-corrected chi connectivity index (χ2v) is 2.13. The van der Waals surface area contributed by atoms with Gasteiger partial charge < -0.3 is 5.32 Å². The first kappa shape index (κ1) is 7.71. The highest BCUT2D eigenvalue weighted by molar-refractivity contribution is 5.20. The molecule has 0 saturated carbocycles. The van der Waals surface area contributed by atoms with Crippen molar-refractivity contribution >= 4 is 5.95 Å². The molecule has 5 nitrogen and oxygen atoms in total. The third kappa shape index (κ3) is 2.03. The molecule has 5 heteroatoms. The minimum atomic E-state index is 0.687. The second-order valence-electron chi connectivity index (χ2n) is 2.13. The van der Waals surface area contributed by atoms with Gasteiger partial charge in [-0.05, 0) is 16.8 Å². The summed E-state index contributed by atoms with van der Waals surface area (Å²) < 4.78 is 1.59. The molecule has 0 aliphatic heterocycles. The standard InChI is InChI=1S/C6H11N5/c1-3-4-5-7-6-8-9-10-11(6)2/h3H,1,4-5H2,2H3,(H,7,8,10). The Hall–Kier alpha value is -1.39. The number of hydrogen-bond acceptors (Lipinski definition) is 4. The topological polar surface area (TPSA) is 55.6 Å². The molecule has 0 amide bonds. The fourth-order valence-electron chi connectivity index (χ4n) is 0.665. The van der Waals surface area contributed by atoms with Crippen LogP contribution in [0.4, 0.5) is 5.95 Å². The maximum Gasteiger partial charge on any atom is 0.242 e. The minimum absolute atomic E-state index is 0.687. The fraction of sp³-hybridized carbons (Fsp3) is 0.500. The van der Waals surface area contributed by atoms with E-state index in [0.717, 1.165) is 13.0 Å². The predicted octanol–water partition coefficient (Wildman–Crippen LogP) is 0.198. The van der Waals surface area contributed by atoms with Crippen LogP contribution in [0.25, 0.3) is 0 Å². The zero-order valence-electron chi connectivity index (χ0n) is 6.49. The van der Waals surface area contributed by atoms with Crippen LogP contribution < -0.4 is 5.32 Å². The lowest BCUT2D eigenvalue weighted by atomic mass is 10.4. The smallest absolute Gasteiger partial charge is 0.242 e. The van der Waals surface area contributed by atoms with E-state index in [1.54, 1.807) is 11.7 Å². The molecule has 0 aromatic carbocycles. The van der Waals surface area contributed by atoms with Gasteiger partial charge in [0, 0.05) is 13.6 Å². The van der Waals surface area contributed by atoms with Gasteiger partial charge in [0.15, 0.2) is 0 Å². The summed E-state index contributed by atoms with van der Waals surface area (Å²) in [6.45, 7) is 4.42. The van der Waals surface area contributed by atoms with Gasteiger partial charge in [-0.15, -0.1) is 6.58 Å². The Labute approximate surface area is 65.1 Å². The summed E-state index contributed by atoms with van der Waals surface area (Å²) in [5.41, 5.74) is 0. The molecule has 1 N–H and O–H groups in total. The summed E-state index contributed by atoms with van der Waals surface area (Å²) in [4.78, 5) is 0. The van der Waals surface area contributed by atoms with Crippen LogP contribution in [0.15, 0.2) is 12.7 Å². The lowest BCUT2D eigenvalue weighted by Gasteiger charge is -1.99. The SMILES string of the molecule is C=CCCNc1nnnn1C. The predicted molar refractivity (Wildman–Crippen MR) is 42.1 cm³/mol. The van der Waals surface area contributed by atoms with E-state index in [1.165, 1.54) is 0 Å². The molecule has 1 aromatic heterocycles. The van der Waals surface area contributed by atoms with Gasteiger partial charge in [-0.1, -0.05) is 11.2 Å². The molecule has 0 aliphatic rings. The Bertz CT molecular complexity index is 229. The Kier molecular flexibility index (Phi) is 2.59. The number of hydrogen-bond donors (Lipinski definition) is 1. The highest BCUT2D eigenvalue weighted by Crippen LogP contribution is 1.94. The fourth-order valence-corrected chi connectivity index (χ4v) is 0.665. The van der Waals surface area contributed by atoms with Crippen molar-refractivity contribution in [1.82, 2.24) is 20.2 Å². The molecule has 1 heterocycles. The van der Waals surface area contributed by atoms with Crippen molar-refractivity contribution in [2.24, 2.45) is 7.05 Å². The summed E-state index contributed by atoms with van der Waals surface area (Å²) >= 11 is 0. The van der Waals surface area contributed by atoms with Crippen molar-refractivity contribution in [3.8, 4) is 0 Å². The Morgan fingerprint density at radius 2 is 2.55 bits per heavy atom. The van der Waals surface area contributed by atoms with Gasteiger partial charge in [-0.25, -0.2) is 4.68 Å². The van der Waals surface area contributed by atoms with Crippen molar-refractivity contribution in [3.63, 3.8) is 0 Å². The molecule has 0 unspecified atom stereocenters. The summed E-state index contributed by atoms with van der Waals surface area (Å²) in [6.07, 6.45) is 2.75. The largest absolute Gasteiger partial charge is 0.353 e. The van der Waals surface area contributed by atoms with Crippen LogP contribution in [0, 0.1) is 0 Å². The van der Waals surface area contributed by atoms with E-state index in [2.05, 4.69) is 27.4 Å². The molecule has 1 rings (SSSR count). The molecule has 60 valence electrons. The summed E-state index contributed by atoms with van der Waals surface area (Å²) in [5, 5.41) is 13.9. The highest BCUT2D eigenvalue weighted by atomic mass is 15.6. The van der Waals surface area contributed by atoms with Crippen LogP contribution >= 0.6 is 0 Å². The van der Waals surface area contributed by atoms with Gasteiger partial charge >= 0.3 is 0 Å². The van der Waals surface area contributed by atoms with Crippen molar-refractivity contribution in [1.29, 1.82) is 0 Å². The molecule has 0 atom stereocenters. The number of tetrazole rings is 1. The van der Waals surface area contributed by atoms with E-state index in [-0.39, 0.29) is 0 Å². The third-order valence-corrected chi connectivity index (χ3v) is 1.25. The van der Waals surface area contributed by atoms with E-state index < -0.39 is 0 Å². The van der Waals surface area contributed by atoms with Gasteiger partial charge in [-0.3, -0.25) is 0 Å². The van der Waals surface area contributed by atoms with Crippen molar-refractivity contribution < 1.29 is 0 Å². The monoisotopic (exact) mass is 153 g/mol. The molecular formula is C6H11N5. The molecule has 0 aliphatic carbocycles. The van der Waals surface area contributed by atoms with Crippen LogP contribution in [0.3, 0.4) is 0 Å². The molecule has 11 heavy (non-hydrogen) atoms. The first-order valence-electron chi connectivity index (χ1n) is 3.41. The van der Waals surface area contributed by atoms with Gasteiger partial charge in [0.2, 0.25) is 5.95 Å². The normalized spacial score (nSPS) is 9.55. The maximum atomic E-state index is 3.74. The Morgan fingerprint density at radius 3 is 3.09 bits per heavy atom. The summed E-state index contributed by atoms with van der Waals surface area (Å²) in [5.74, 6) is 0.687. The number of rotatable bonds is 4. The number of anilines is 1. The van der Waals surface area contributed by atoms with Crippen molar-refractivity contribution in [2.75, 3.05) is 11.9 Å². The Balaban J connectivity index is 2.38. The van der Waals surface area contributed by atoms with Gasteiger partial charge in [-0.2, -0.15) is 0 Å². The molecule has 1 aromatic rings. The zero-order valence-corrected chi connectivity index (χ0v) is 6.49. The highest BCUT2D eigenvalue weighted by Gasteiger charge is 1.97. The Morgan fingerprint density at radius 1 is 1.73 bits per heavy atom. The van der Waals surface area contributed by atoms with E-state index in [4.69, 9.17) is 0 Å². The van der Waals surface area contributed by atoms with E-state index in [0.29, 0.717) is 5.95 Å². The van der Waals surface area contributed by atoms with Crippen LogP contribution in [0.1, 0.15) is 6.42 Å². The lowest BCUT2D eigenvalue weighted by Crippen LogP contribution is -2.06. The average molecular weight is 153 g/mol. The van der Waals surface area contributed by atoms with E-state index in [9.17, 15) is 0 Å². The van der Waals surface area contributed by atoms with Crippen molar-refractivity contribution in [2.45, 2.75) is 6.42 Å². The van der Waals surface area contributed by atoms with Crippen molar-refractivity contribution in [3.05, 3.63) is 12.7 Å². The maximum absolute atomic E-state index is 3.74. The molecule has 0 bridgehead atoms. The molecule has 0 radical (unpaired) electrons. The van der Waals surface area contributed by atoms with Crippen LogP contribution in [-0.2, 0) is 7.05 Å². The van der Waals surface area contributed by atoms with Crippen LogP contribution in [-0.4, -0.2) is 26.8 Å². The quantitative estimate of drug-likeness (QED) is 0.496. The molecule has 0 fully saturated rings. The molecule has 0 spiro atoms. The van der Waals surface area contributed by atoms with Gasteiger partial charge in [0.05, 0.1) is 0 Å². The first-order chi connectivity index (χ1) is 5.34. The average Bonchev–Trinajstić information content (AvgIpc) is 2.37.